The molecule has 6 fully saturated rings. The maximum atomic E-state index is 6.46. The third-order valence-corrected chi connectivity index (χ3v) is 7.30. The second-order valence-corrected chi connectivity index (χ2v) is 12.1. The molecule has 35 heavy (non-hydrogen) atoms. The molecule has 6 heterocycles. The summed E-state index contributed by atoms with van der Waals surface area (Å²) in [5.74, 6) is -2.83. The van der Waals surface area contributed by atoms with Gasteiger partial charge < -0.3 is 47.4 Å². The molecule has 0 aliphatic carbocycles. The van der Waals surface area contributed by atoms with E-state index in [1.807, 2.05) is 55.4 Å². The van der Waals surface area contributed by atoms with Crippen molar-refractivity contribution in [2.24, 2.45) is 0 Å². The molecule has 0 bridgehead atoms. The molecule has 0 amide bonds. The number of ether oxygens (including phenoxy) is 10. The minimum atomic E-state index is -0.747. The van der Waals surface area contributed by atoms with Crippen LogP contribution in [0.25, 0.3) is 0 Å². The predicted octanol–water partition coefficient (Wildman–Crippen LogP) is 1.37. The highest BCUT2D eigenvalue weighted by Crippen LogP contribution is 2.45. The van der Waals surface area contributed by atoms with Crippen molar-refractivity contribution in [3.05, 3.63) is 0 Å². The van der Waals surface area contributed by atoms with E-state index >= 15 is 0 Å². The van der Waals surface area contributed by atoms with Gasteiger partial charge in [0.2, 0.25) is 0 Å². The molecule has 0 spiro atoms. The van der Waals surface area contributed by atoms with Crippen LogP contribution in [0.15, 0.2) is 0 Å². The van der Waals surface area contributed by atoms with Crippen LogP contribution in [-0.4, -0.2) is 97.6 Å². The van der Waals surface area contributed by atoms with Crippen LogP contribution in [0, 0.1) is 0 Å². The summed E-state index contributed by atoms with van der Waals surface area (Å²) in [4.78, 5) is 0. The summed E-state index contributed by atoms with van der Waals surface area (Å²) in [7, 11) is 0. The van der Waals surface area contributed by atoms with E-state index < -0.39 is 35.6 Å². The van der Waals surface area contributed by atoms with Crippen LogP contribution in [0.5, 0.6) is 0 Å². The first-order chi connectivity index (χ1) is 16.2. The molecule has 6 aliphatic heterocycles. The van der Waals surface area contributed by atoms with Gasteiger partial charge in [-0.05, 0) is 55.4 Å². The molecule has 0 saturated carbocycles. The molecule has 11 nitrogen and oxygen atoms in total. The Morgan fingerprint density at radius 1 is 0.457 bits per heavy atom. The third-order valence-electron chi connectivity index (χ3n) is 7.30. The zero-order chi connectivity index (χ0) is 25.0. The van der Waals surface area contributed by atoms with Crippen LogP contribution in [-0.2, 0) is 47.4 Å². The Hall–Kier alpha value is -0.440. The fourth-order valence-corrected chi connectivity index (χ4v) is 6.04. The number of nitrogens with one attached hydrogen (secondary N) is 1. The second kappa shape index (κ2) is 8.03. The molecule has 6 rings (SSSR count). The predicted molar refractivity (Wildman–Crippen MR) is 118 cm³/mol. The minimum Gasteiger partial charge on any atom is -0.352 e. The SMILES string of the molecule is CC1(C)O[C@H]2[C@@H]([C@H]3COC(C)(C)O3)O[C@H](N[C@H]3O[C@H]([C@H]4COC(C)(C)O4)[C@@H]4OC(C)(C)O[C@@H]43)[C@H]2O1. The summed E-state index contributed by atoms with van der Waals surface area (Å²) in [5, 5.41) is 3.50. The zero-order valence-corrected chi connectivity index (χ0v) is 21.8. The number of fused-ring (bicyclic) bond motifs is 2. The Bertz CT molecular complexity index is 767. The van der Waals surface area contributed by atoms with Crippen LogP contribution < -0.4 is 5.32 Å². The van der Waals surface area contributed by atoms with Gasteiger partial charge in [-0.25, -0.2) is 0 Å². The number of hydrogen-bond acceptors (Lipinski definition) is 11. The van der Waals surface area contributed by atoms with Crippen molar-refractivity contribution in [3.63, 3.8) is 0 Å². The van der Waals surface area contributed by atoms with Gasteiger partial charge in [0.05, 0.1) is 13.2 Å². The van der Waals surface area contributed by atoms with Crippen LogP contribution in [0.1, 0.15) is 55.4 Å². The lowest BCUT2D eigenvalue weighted by atomic mass is 10.1. The number of hydrogen-bond donors (Lipinski definition) is 1. The molecule has 0 unspecified atom stereocenters. The van der Waals surface area contributed by atoms with E-state index in [-0.39, 0.29) is 48.8 Å². The Morgan fingerprint density at radius 3 is 1.17 bits per heavy atom. The maximum absolute atomic E-state index is 6.46. The molecule has 0 aromatic carbocycles. The normalized spacial score (nSPS) is 51.1. The highest BCUT2D eigenvalue weighted by Gasteiger charge is 2.63. The van der Waals surface area contributed by atoms with E-state index in [1.165, 1.54) is 0 Å². The van der Waals surface area contributed by atoms with E-state index in [4.69, 9.17) is 47.4 Å². The Kier molecular flexibility index (Phi) is 5.71. The third kappa shape index (κ3) is 4.57. The quantitative estimate of drug-likeness (QED) is 0.604. The van der Waals surface area contributed by atoms with Crippen molar-refractivity contribution in [2.75, 3.05) is 13.2 Å². The van der Waals surface area contributed by atoms with Crippen molar-refractivity contribution in [2.45, 2.75) is 140 Å². The highest BCUT2D eigenvalue weighted by atomic mass is 16.8. The smallest absolute Gasteiger partial charge is 0.164 e. The van der Waals surface area contributed by atoms with Crippen molar-refractivity contribution >= 4 is 0 Å². The van der Waals surface area contributed by atoms with Crippen molar-refractivity contribution in [1.29, 1.82) is 0 Å². The topological polar surface area (TPSA) is 104 Å². The van der Waals surface area contributed by atoms with Gasteiger partial charge in [-0.2, -0.15) is 0 Å². The molecule has 1 N–H and O–H groups in total. The first kappa shape index (κ1) is 24.9. The van der Waals surface area contributed by atoms with E-state index in [9.17, 15) is 0 Å². The summed E-state index contributed by atoms with van der Waals surface area (Å²) in [5.41, 5.74) is 0. The van der Waals surface area contributed by atoms with Gasteiger partial charge >= 0.3 is 0 Å². The summed E-state index contributed by atoms with van der Waals surface area (Å²) in [6.07, 6.45) is -3.64. The Morgan fingerprint density at radius 2 is 0.829 bits per heavy atom. The van der Waals surface area contributed by atoms with Crippen LogP contribution in [0.3, 0.4) is 0 Å². The summed E-state index contributed by atoms with van der Waals surface area (Å²) >= 11 is 0. The van der Waals surface area contributed by atoms with Gasteiger partial charge in [-0.3, -0.25) is 5.32 Å². The van der Waals surface area contributed by atoms with Gasteiger partial charge in [0.25, 0.3) is 0 Å². The van der Waals surface area contributed by atoms with Gasteiger partial charge in [0.1, 0.15) is 61.3 Å². The van der Waals surface area contributed by atoms with E-state index in [0.29, 0.717) is 13.2 Å². The van der Waals surface area contributed by atoms with Gasteiger partial charge in [0, 0.05) is 0 Å². The molecular formula is C24H39NO10. The van der Waals surface area contributed by atoms with E-state index in [1.54, 1.807) is 0 Å². The van der Waals surface area contributed by atoms with Gasteiger partial charge in [-0.1, -0.05) is 0 Å². The first-order valence-electron chi connectivity index (χ1n) is 12.6. The Labute approximate surface area is 206 Å². The zero-order valence-electron chi connectivity index (χ0n) is 21.8. The van der Waals surface area contributed by atoms with Gasteiger partial charge in [0.15, 0.2) is 23.1 Å². The fourth-order valence-electron chi connectivity index (χ4n) is 6.04. The standard InChI is InChI=1S/C24H39NO10/c1-21(2)26-9-11(30-21)13-15-17(34-23(5,6)32-15)19(28-13)25-20-18-16(33-24(7,8)35-18)14(29-20)12-10-27-22(3,4)31-12/h11-20,25H,9-10H2,1-8H3/t11-,12-,13-,14-,15+,16+,17+,18+,19+,20+/m1/s1. The number of rotatable bonds is 4. The highest BCUT2D eigenvalue weighted by molar-refractivity contribution is 5.05. The van der Waals surface area contributed by atoms with Crippen molar-refractivity contribution in [1.82, 2.24) is 5.32 Å². The Balaban J connectivity index is 1.20. The molecule has 0 aromatic heterocycles. The molecule has 0 radical (unpaired) electrons. The van der Waals surface area contributed by atoms with Crippen LogP contribution >= 0.6 is 0 Å². The van der Waals surface area contributed by atoms with Crippen LogP contribution in [0.4, 0.5) is 0 Å². The van der Waals surface area contributed by atoms with E-state index in [2.05, 4.69) is 5.32 Å². The average molecular weight is 502 g/mol. The fraction of sp³-hybridized carbons (Fsp3) is 1.00. The summed E-state index contributed by atoms with van der Waals surface area (Å²) in [6.45, 7) is 16.0. The molecule has 6 aliphatic rings. The molecule has 200 valence electrons. The molecular weight excluding hydrogens is 462 g/mol. The molecule has 10 atom stereocenters. The lowest BCUT2D eigenvalue weighted by molar-refractivity contribution is -0.226. The minimum absolute atomic E-state index is 0.275. The molecule has 6 saturated heterocycles. The molecule has 0 aromatic rings. The monoisotopic (exact) mass is 501 g/mol. The lowest BCUT2D eigenvalue weighted by Gasteiger charge is -2.30. The average Bonchev–Trinajstić information content (AvgIpc) is 3.51. The second-order valence-electron chi connectivity index (χ2n) is 12.1. The van der Waals surface area contributed by atoms with Crippen LogP contribution in [0.2, 0.25) is 0 Å². The van der Waals surface area contributed by atoms with E-state index in [0.717, 1.165) is 0 Å². The first-order valence-corrected chi connectivity index (χ1v) is 12.6. The maximum Gasteiger partial charge on any atom is 0.164 e. The summed E-state index contributed by atoms with van der Waals surface area (Å²) in [6, 6.07) is 0. The largest absolute Gasteiger partial charge is 0.352 e. The van der Waals surface area contributed by atoms with Crippen molar-refractivity contribution in [3.8, 4) is 0 Å². The molecule has 11 heteroatoms. The van der Waals surface area contributed by atoms with Gasteiger partial charge in [-0.15, -0.1) is 0 Å². The van der Waals surface area contributed by atoms with Crippen molar-refractivity contribution < 1.29 is 47.4 Å². The lowest BCUT2D eigenvalue weighted by Crippen LogP contribution is -2.50. The summed E-state index contributed by atoms with van der Waals surface area (Å²) < 4.78 is 61.8.